The fourth-order valence-corrected chi connectivity index (χ4v) is 3.44. The van der Waals surface area contributed by atoms with E-state index in [4.69, 9.17) is 9.47 Å². The number of benzene rings is 1. The summed E-state index contributed by atoms with van der Waals surface area (Å²) in [5, 5.41) is 12.3. The fourth-order valence-electron chi connectivity index (χ4n) is 3.44. The smallest absolute Gasteiger partial charge is 0.308 e. The Kier molecular flexibility index (Phi) is 7.45. The number of nitrogens with one attached hydrogen (secondary N) is 1. The first-order valence-corrected chi connectivity index (χ1v) is 9.28. The maximum Gasteiger partial charge on any atom is 0.308 e. The molecule has 1 fully saturated rings. The first kappa shape index (κ1) is 20.2. The molecule has 1 aromatic rings. The van der Waals surface area contributed by atoms with E-state index in [2.05, 4.69) is 5.32 Å². The molecule has 0 radical (unpaired) electrons. The van der Waals surface area contributed by atoms with Gasteiger partial charge in [-0.3, -0.25) is 9.59 Å². The van der Waals surface area contributed by atoms with Crippen molar-refractivity contribution in [1.82, 2.24) is 5.32 Å². The van der Waals surface area contributed by atoms with Crippen LogP contribution in [0.25, 0.3) is 0 Å². The first-order chi connectivity index (χ1) is 12.5. The van der Waals surface area contributed by atoms with E-state index in [1.165, 1.54) is 0 Å². The van der Waals surface area contributed by atoms with E-state index in [0.717, 1.165) is 30.6 Å². The number of hydrogen-bond acceptors (Lipinski definition) is 4. The first-order valence-electron chi connectivity index (χ1n) is 9.28. The number of carbonyl (C=O) groups excluding carboxylic acids is 1. The highest BCUT2D eigenvalue weighted by Crippen LogP contribution is 2.31. The molecule has 1 aliphatic carbocycles. The van der Waals surface area contributed by atoms with Crippen LogP contribution in [-0.2, 0) is 20.7 Å². The minimum Gasteiger partial charge on any atom is -0.494 e. The summed E-state index contributed by atoms with van der Waals surface area (Å²) >= 11 is 0. The molecule has 1 saturated carbocycles. The van der Waals surface area contributed by atoms with Gasteiger partial charge in [0.1, 0.15) is 11.4 Å². The fraction of sp³-hybridized carbons (Fsp3) is 0.600. The van der Waals surface area contributed by atoms with Gasteiger partial charge in [-0.1, -0.05) is 31.4 Å². The van der Waals surface area contributed by atoms with Crippen molar-refractivity contribution in [2.45, 2.75) is 51.0 Å². The van der Waals surface area contributed by atoms with Crippen molar-refractivity contribution in [2.24, 2.45) is 5.92 Å². The van der Waals surface area contributed by atoms with Crippen molar-refractivity contribution in [1.29, 1.82) is 0 Å². The maximum atomic E-state index is 12.6. The van der Waals surface area contributed by atoms with E-state index in [1.54, 1.807) is 7.11 Å². The molecular formula is C20H29NO5. The lowest BCUT2D eigenvalue weighted by Gasteiger charge is -2.34. The second-order valence-corrected chi connectivity index (χ2v) is 6.79. The van der Waals surface area contributed by atoms with Gasteiger partial charge in [-0.05, 0) is 43.9 Å². The number of carboxylic acids is 1. The highest BCUT2D eigenvalue weighted by Gasteiger charge is 2.39. The molecule has 1 amide bonds. The molecular weight excluding hydrogens is 334 g/mol. The van der Waals surface area contributed by atoms with E-state index < -0.39 is 17.5 Å². The standard InChI is InChI=1S/C20H29NO5/c1-3-26-17-9-7-15(8-10-17)13-16(18(22)23)14-21-19(24)20(25-2)11-5-4-6-12-20/h7-10,16H,3-6,11-14H2,1-2H3,(H,21,24)(H,22,23). The summed E-state index contributed by atoms with van der Waals surface area (Å²) < 4.78 is 10.9. The normalized spacial score (nSPS) is 17.3. The molecule has 0 saturated heterocycles. The van der Waals surface area contributed by atoms with Gasteiger partial charge in [0.2, 0.25) is 0 Å². The highest BCUT2D eigenvalue weighted by molar-refractivity contribution is 5.85. The SMILES string of the molecule is CCOc1ccc(CC(CNC(=O)C2(OC)CCCCC2)C(=O)O)cc1. The third-order valence-corrected chi connectivity index (χ3v) is 5.04. The quantitative estimate of drug-likeness (QED) is 0.705. The number of hydrogen-bond donors (Lipinski definition) is 2. The van der Waals surface area contributed by atoms with Crippen molar-refractivity contribution in [3.63, 3.8) is 0 Å². The topological polar surface area (TPSA) is 84.9 Å². The van der Waals surface area contributed by atoms with Crippen LogP contribution in [0.1, 0.15) is 44.6 Å². The van der Waals surface area contributed by atoms with Crippen LogP contribution in [0.3, 0.4) is 0 Å². The summed E-state index contributed by atoms with van der Waals surface area (Å²) in [7, 11) is 1.56. The van der Waals surface area contributed by atoms with E-state index >= 15 is 0 Å². The Morgan fingerprint density at radius 3 is 2.38 bits per heavy atom. The van der Waals surface area contributed by atoms with E-state index in [1.807, 2.05) is 31.2 Å². The zero-order valence-electron chi connectivity index (χ0n) is 15.6. The van der Waals surface area contributed by atoms with Gasteiger partial charge in [-0.2, -0.15) is 0 Å². The van der Waals surface area contributed by atoms with Crippen LogP contribution in [0, 0.1) is 5.92 Å². The van der Waals surface area contributed by atoms with Crippen molar-refractivity contribution in [2.75, 3.05) is 20.3 Å². The summed E-state index contributed by atoms with van der Waals surface area (Å²) in [5.74, 6) is -1.04. The van der Waals surface area contributed by atoms with E-state index in [0.29, 0.717) is 25.9 Å². The average molecular weight is 363 g/mol. The van der Waals surface area contributed by atoms with Crippen LogP contribution < -0.4 is 10.1 Å². The maximum absolute atomic E-state index is 12.6. The minimum absolute atomic E-state index is 0.0898. The summed E-state index contributed by atoms with van der Waals surface area (Å²) in [6.45, 7) is 2.59. The Balaban J connectivity index is 1.95. The van der Waals surface area contributed by atoms with Crippen molar-refractivity contribution >= 4 is 11.9 Å². The second-order valence-electron chi connectivity index (χ2n) is 6.79. The predicted molar refractivity (Wildman–Crippen MR) is 98.3 cm³/mol. The van der Waals surface area contributed by atoms with Crippen molar-refractivity contribution in [3.05, 3.63) is 29.8 Å². The Morgan fingerprint density at radius 1 is 1.19 bits per heavy atom. The molecule has 26 heavy (non-hydrogen) atoms. The van der Waals surface area contributed by atoms with Gasteiger partial charge in [0.25, 0.3) is 5.91 Å². The molecule has 2 N–H and O–H groups in total. The largest absolute Gasteiger partial charge is 0.494 e. The zero-order chi connectivity index (χ0) is 19.0. The van der Waals surface area contributed by atoms with Gasteiger partial charge in [0, 0.05) is 13.7 Å². The summed E-state index contributed by atoms with van der Waals surface area (Å²) in [6.07, 6.45) is 4.74. The van der Waals surface area contributed by atoms with Crippen molar-refractivity contribution < 1.29 is 24.2 Å². The lowest BCUT2D eigenvalue weighted by Crippen LogP contribution is -2.51. The van der Waals surface area contributed by atoms with Crippen LogP contribution in [-0.4, -0.2) is 42.8 Å². The van der Waals surface area contributed by atoms with Gasteiger partial charge in [0.05, 0.1) is 12.5 Å². The zero-order valence-corrected chi connectivity index (χ0v) is 15.6. The molecule has 6 nitrogen and oxygen atoms in total. The summed E-state index contributed by atoms with van der Waals surface area (Å²) in [5.41, 5.74) is 0.0923. The van der Waals surface area contributed by atoms with Gasteiger partial charge < -0.3 is 19.9 Å². The molecule has 144 valence electrons. The number of ether oxygens (including phenoxy) is 2. The molecule has 1 aliphatic rings. The summed E-state index contributed by atoms with van der Waals surface area (Å²) in [4.78, 5) is 24.2. The number of rotatable bonds is 9. The average Bonchev–Trinajstić information content (AvgIpc) is 2.66. The third kappa shape index (κ3) is 5.21. The Bertz CT molecular complexity index is 593. The molecule has 1 unspecified atom stereocenters. The molecule has 0 aromatic heterocycles. The molecule has 0 bridgehead atoms. The van der Waals surface area contributed by atoms with Crippen LogP contribution in [0.2, 0.25) is 0 Å². The van der Waals surface area contributed by atoms with Crippen molar-refractivity contribution in [3.8, 4) is 5.75 Å². The molecule has 0 aliphatic heterocycles. The Hall–Kier alpha value is -2.08. The number of carbonyl (C=O) groups is 2. The van der Waals surface area contributed by atoms with Crippen LogP contribution >= 0.6 is 0 Å². The lowest BCUT2D eigenvalue weighted by atomic mass is 9.83. The second kappa shape index (κ2) is 9.57. The van der Waals surface area contributed by atoms with Crippen LogP contribution in [0.4, 0.5) is 0 Å². The number of carboxylic acid groups (broad SMARTS) is 1. The third-order valence-electron chi connectivity index (χ3n) is 5.04. The lowest BCUT2D eigenvalue weighted by molar-refractivity contribution is -0.148. The summed E-state index contributed by atoms with van der Waals surface area (Å²) in [6, 6.07) is 7.39. The monoisotopic (exact) mass is 363 g/mol. The van der Waals surface area contributed by atoms with E-state index in [9.17, 15) is 14.7 Å². The van der Waals surface area contributed by atoms with Gasteiger partial charge in [0.15, 0.2) is 0 Å². The molecule has 1 atom stereocenters. The van der Waals surface area contributed by atoms with Gasteiger partial charge >= 0.3 is 5.97 Å². The minimum atomic E-state index is -0.922. The molecule has 2 rings (SSSR count). The Morgan fingerprint density at radius 2 is 1.85 bits per heavy atom. The highest BCUT2D eigenvalue weighted by atomic mass is 16.5. The molecule has 0 heterocycles. The molecule has 0 spiro atoms. The Labute approximate surface area is 154 Å². The number of aliphatic carboxylic acids is 1. The molecule has 1 aromatic carbocycles. The van der Waals surface area contributed by atoms with Crippen LogP contribution in [0.15, 0.2) is 24.3 Å². The van der Waals surface area contributed by atoms with E-state index in [-0.39, 0.29) is 12.5 Å². The van der Waals surface area contributed by atoms with Crippen LogP contribution in [0.5, 0.6) is 5.75 Å². The van der Waals surface area contributed by atoms with Gasteiger partial charge in [-0.15, -0.1) is 0 Å². The van der Waals surface area contributed by atoms with Gasteiger partial charge in [-0.25, -0.2) is 0 Å². The predicted octanol–water partition coefficient (Wildman–Crippen LogP) is 2.79. The molecule has 6 heteroatoms. The number of methoxy groups -OCH3 is 1. The number of amides is 1.